The number of piperidine rings is 2. The number of ether oxygens (including phenoxy) is 1. The number of rotatable bonds is 6. The predicted octanol–water partition coefficient (Wildman–Crippen LogP) is 4.66. The van der Waals surface area contributed by atoms with Gasteiger partial charge in [0.1, 0.15) is 0 Å². The van der Waals surface area contributed by atoms with E-state index in [2.05, 4.69) is 51.3 Å². The second-order valence-electron chi connectivity index (χ2n) is 10.7. The molecule has 148 valence electrons. The van der Waals surface area contributed by atoms with E-state index >= 15 is 0 Å². The Morgan fingerprint density at radius 3 is 1.68 bits per heavy atom. The van der Waals surface area contributed by atoms with Crippen LogP contribution in [0.5, 0.6) is 0 Å². The number of nitrogens with zero attached hydrogens (tertiary/aromatic N) is 2. The molecule has 3 heteroatoms. The highest BCUT2D eigenvalue weighted by Gasteiger charge is 2.27. The Hall–Kier alpha value is -0.120. The summed E-state index contributed by atoms with van der Waals surface area (Å²) in [7, 11) is 0. The summed E-state index contributed by atoms with van der Waals surface area (Å²) in [5, 5.41) is 0. The highest BCUT2D eigenvalue weighted by molar-refractivity contribution is 4.82. The first kappa shape index (κ1) is 21.2. The molecule has 0 spiro atoms. The smallest absolute Gasteiger partial charge is 0.0495 e. The van der Waals surface area contributed by atoms with Gasteiger partial charge in [-0.3, -0.25) is 4.90 Å². The third kappa shape index (κ3) is 7.97. The molecule has 0 amide bonds. The molecule has 0 aromatic heterocycles. The lowest BCUT2D eigenvalue weighted by molar-refractivity contribution is 0.0168. The molecule has 0 radical (unpaired) electrons. The zero-order valence-corrected chi connectivity index (χ0v) is 17.9. The second-order valence-corrected chi connectivity index (χ2v) is 10.7. The highest BCUT2D eigenvalue weighted by Crippen LogP contribution is 2.25. The standard InChI is InChI=1S/C22H44N2O/c1-21(2,3)11-16-23-12-7-19(8-13-23)17-25-18-20-9-14-24(15-10-20)22(4,5)6/h19-20H,7-18H2,1-6H3. The summed E-state index contributed by atoms with van der Waals surface area (Å²) in [5.41, 5.74) is 0.787. The van der Waals surface area contributed by atoms with E-state index < -0.39 is 0 Å². The summed E-state index contributed by atoms with van der Waals surface area (Å²) in [6.07, 6.45) is 6.58. The summed E-state index contributed by atoms with van der Waals surface area (Å²) in [6, 6.07) is 0. The van der Waals surface area contributed by atoms with E-state index in [1.165, 1.54) is 64.8 Å². The SMILES string of the molecule is CC(C)(C)CCN1CCC(COCC2CCN(C(C)(C)C)CC2)CC1. The zero-order valence-electron chi connectivity index (χ0n) is 17.9. The Kier molecular flexibility index (Phi) is 7.79. The van der Waals surface area contributed by atoms with Crippen LogP contribution in [0.3, 0.4) is 0 Å². The molecule has 2 rings (SSSR count). The molecule has 2 aliphatic rings. The van der Waals surface area contributed by atoms with Crippen LogP contribution in [-0.2, 0) is 4.74 Å². The van der Waals surface area contributed by atoms with Crippen LogP contribution in [0.15, 0.2) is 0 Å². The first-order chi connectivity index (χ1) is 11.6. The average molecular weight is 353 g/mol. The van der Waals surface area contributed by atoms with Gasteiger partial charge in [0, 0.05) is 18.8 Å². The maximum Gasteiger partial charge on any atom is 0.0495 e. The third-order valence-corrected chi connectivity index (χ3v) is 6.16. The third-order valence-electron chi connectivity index (χ3n) is 6.16. The van der Waals surface area contributed by atoms with Crippen molar-refractivity contribution < 1.29 is 4.74 Å². The molecule has 2 heterocycles. The molecule has 0 bridgehead atoms. The Balaban J connectivity index is 1.54. The van der Waals surface area contributed by atoms with Gasteiger partial charge >= 0.3 is 0 Å². The van der Waals surface area contributed by atoms with Crippen LogP contribution in [0.4, 0.5) is 0 Å². The van der Waals surface area contributed by atoms with Crippen molar-refractivity contribution in [3.63, 3.8) is 0 Å². The van der Waals surface area contributed by atoms with Gasteiger partial charge in [0.25, 0.3) is 0 Å². The van der Waals surface area contributed by atoms with E-state index in [1.54, 1.807) is 0 Å². The van der Waals surface area contributed by atoms with Gasteiger partial charge in [0.2, 0.25) is 0 Å². The second kappa shape index (κ2) is 9.19. The van der Waals surface area contributed by atoms with Crippen molar-refractivity contribution in [1.29, 1.82) is 0 Å². The molecule has 0 aromatic rings. The Labute approximate surface area is 157 Å². The quantitative estimate of drug-likeness (QED) is 0.691. The fraction of sp³-hybridized carbons (Fsp3) is 1.00. The average Bonchev–Trinajstić information content (AvgIpc) is 2.53. The van der Waals surface area contributed by atoms with E-state index in [0.717, 1.165) is 25.0 Å². The summed E-state index contributed by atoms with van der Waals surface area (Å²) < 4.78 is 6.15. The van der Waals surface area contributed by atoms with E-state index in [1.807, 2.05) is 0 Å². The zero-order chi connectivity index (χ0) is 18.5. The Morgan fingerprint density at radius 1 is 0.760 bits per heavy atom. The molecule has 0 saturated carbocycles. The maximum absolute atomic E-state index is 6.15. The molecule has 0 atom stereocenters. The number of hydrogen-bond acceptors (Lipinski definition) is 3. The summed E-state index contributed by atoms with van der Waals surface area (Å²) in [6.45, 7) is 22.3. The minimum absolute atomic E-state index is 0.326. The molecule has 0 unspecified atom stereocenters. The predicted molar refractivity (Wildman–Crippen MR) is 108 cm³/mol. The van der Waals surface area contributed by atoms with Crippen LogP contribution in [0.2, 0.25) is 0 Å². The largest absolute Gasteiger partial charge is 0.381 e. The first-order valence-corrected chi connectivity index (χ1v) is 10.7. The fourth-order valence-electron chi connectivity index (χ4n) is 4.04. The van der Waals surface area contributed by atoms with E-state index in [0.29, 0.717) is 11.0 Å². The highest BCUT2D eigenvalue weighted by atomic mass is 16.5. The topological polar surface area (TPSA) is 15.7 Å². The lowest BCUT2D eigenvalue weighted by atomic mass is 9.91. The van der Waals surface area contributed by atoms with Crippen molar-refractivity contribution in [3.8, 4) is 0 Å². The van der Waals surface area contributed by atoms with Gasteiger partial charge in [-0.1, -0.05) is 20.8 Å². The normalized spacial score (nSPS) is 23.3. The molecule has 25 heavy (non-hydrogen) atoms. The Bertz CT molecular complexity index is 366. The van der Waals surface area contributed by atoms with Crippen LogP contribution in [0, 0.1) is 17.3 Å². The van der Waals surface area contributed by atoms with Crippen molar-refractivity contribution in [2.75, 3.05) is 45.9 Å². The lowest BCUT2D eigenvalue weighted by Crippen LogP contribution is -2.46. The minimum Gasteiger partial charge on any atom is -0.381 e. The maximum atomic E-state index is 6.15. The molecule has 2 aliphatic heterocycles. The molecule has 0 aliphatic carbocycles. The van der Waals surface area contributed by atoms with Crippen LogP contribution < -0.4 is 0 Å². The molecule has 2 fully saturated rings. The van der Waals surface area contributed by atoms with Gasteiger partial charge in [-0.2, -0.15) is 0 Å². The van der Waals surface area contributed by atoms with Crippen LogP contribution in [-0.4, -0.2) is 61.3 Å². The van der Waals surface area contributed by atoms with Gasteiger partial charge in [-0.05, 0) is 103 Å². The van der Waals surface area contributed by atoms with Crippen LogP contribution in [0.1, 0.15) is 73.6 Å². The molecule has 0 N–H and O–H groups in total. The summed E-state index contributed by atoms with van der Waals surface area (Å²) >= 11 is 0. The van der Waals surface area contributed by atoms with Gasteiger partial charge in [-0.25, -0.2) is 0 Å². The molecule has 2 saturated heterocycles. The van der Waals surface area contributed by atoms with Crippen molar-refractivity contribution in [3.05, 3.63) is 0 Å². The minimum atomic E-state index is 0.326. The van der Waals surface area contributed by atoms with Crippen molar-refractivity contribution in [2.24, 2.45) is 17.3 Å². The number of likely N-dealkylation sites (tertiary alicyclic amines) is 2. The summed E-state index contributed by atoms with van der Waals surface area (Å²) in [4.78, 5) is 5.28. The monoisotopic (exact) mass is 352 g/mol. The van der Waals surface area contributed by atoms with Gasteiger partial charge in [0.05, 0.1) is 0 Å². The van der Waals surface area contributed by atoms with E-state index in [4.69, 9.17) is 4.74 Å². The Morgan fingerprint density at radius 2 is 1.24 bits per heavy atom. The molecule has 0 aromatic carbocycles. The van der Waals surface area contributed by atoms with Gasteiger partial charge in [0.15, 0.2) is 0 Å². The van der Waals surface area contributed by atoms with Gasteiger partial charge < -0.3 is 9.64 Å². The summed E-state index contributed by atoms with van der Waals surface area (Å²) in [5.74, 6) is 1.58. The van der Waals surface area contributed by atoms with Crippen LogP contribution in [0.25, 0.3) is 0 Å². The first-order valence-electron chi connectivity index (χ1n) is 10.7. The molecule has 3 nitrogen and oxygen atoms in total. The van der Waals surface area contributed by atoms with Crippen molar-refractivity contribution in [2.45, 2.75) is 79.2 Å². The van der Waals surface area contributed by atoms with Crippen LogP contribution >= 0.6 is 0 Å². The van der Waals surface area contributed by atoms with Gasteiger partial charge in [-0.15, -0.1) is 0 Å². The van der Waals surface area contributed by atoms with E-state index in [-0.39, 0.29) is 0 Å². The van der Waals surface area contributed by atoms with Crippen molar-refractivity contribution in [1.82, 2.24) is 9.80 Å². The van der Waals surface area contributed by atoms with Crippen molar-refractivity contribution >= 4 is 0 Å². The fourth-order valence-corrected chi connectivity index (χ4v) is 4.04. The molecular formula is C22H44N2O. The number of hydrogen-bond donors (Lipinski definition) is 0. The lowest BCUT2D eigenvalue weighted by Gasteiger charge is -2.41. The van der Waals surface area contributed by atoms with E-state index in [9.17, 15) is 0 Å². The molecular weight excluding hydrogens is 308 g/mol.